The fourth-order valence-electron chi connectivity index (χ4n) is 2.52. The van der Waals surface area contributed by atoms with Crippen molar-refractivity contribution >= 4 is 0 Å². The van der Waals surface area contributed by atoms with E-state index in [9.17, 15) is 0 Å². The van der Waals surface area contributed by atoms with Crippen molar-refractivity contribution in [1.29, 1.82) is 0 Å². The van der Waals surface area contributed by atoms with Crippen molar-refractivity contribution in [2.24, 2.45) is 0 Å². The summed E-state index contributed by atoms with van der Waals surface area (Å²) in [5.74, 6) is 1.07. The number of imidazole rings is 1. The van der Waals surface area contributed by atoms with Crippen LogP contribution in [0, 0.1) is 20.8 Å². The summed E-state index contributed by atoms with van der Waals surface area (Å²) in [6.45, 7) is 10.6. The Labute approximate surface area is 122 Å². The van der Waals surface area contributed by atoms with Crippen molar-refractivity contribution in [3.8, 4) is 0 Å². The number of rotatable bonds is 6. The predicted octanol–water partition coefficient (Wildman–Crippen LogP) is 3.55. The van der Waals surface area contributed by atoms with Gasteiger partial charge in [-0.05, 0) is 44.9 Å². The second kappa shape index (κ2) is 6.71. The molecule has 2 aromatic rings. The number of benzene rings is 1. The summed E-state index contributed by atoms with van der Waals surface area (Å²) in [6.07, 6.45) is 5.07. The highest BCUT2D eigenvalue weighted by molar-refractivity contribution is 5.33. The van der Waals surface area contributed by atoms with E-state index < -0.39 is 0 Å². The molecule has 1 heterocycles. The van der Waals surface area contributed by atoms with Crippen molar-refractivity contribution < 1.29 is 0 Å². The van der Waals surface area contributed by atoms with Crippen molar-refractivity contribution in [2.75, 3.05) is 6.54 Å². The molecule has 0 bridgehead atoms. The fourth-order valence-corrected chi connectivity index (χ4v) is 2.52. The highest BCUT2D eigenvalue weighted by Crippen LogP contribution is 2.21. The molecule has 0 fully saturated rings. The number of aromatic nitrogens is 2. The van der Waals surface area contributed by atoms with Crippen LogP contribution in [0.15, 0.2) is 30.6 Å². The molecule has 1 atom stereocenters. The van der Waals surface area contributed by atoms with E-state index in [0.29, 0.717) is 6.04 Å². The highest BCUT2D eigenvalue weighted by atomic mass is 15.1. The minimum atomic E-state index is 0.336. The molecule has 1 N–H and O–H groups in total. The molecule has 0 aliphatic carbocycles. The van der Waals surface area contributed by atoms with E-state index in [2.05, 4.69) is 67.0 Å². The Balaban J connectivity index is 2.27. The lowest BCUT2D eigenvalue weighted by Gasteiger charge is -2.22. The Bertz CT molecular complexity index is 557. The van der Waals surface area contributed by atoms with Gasteiger partial charge in [-0.3, -0.25) is 0 Å². The van der Waals surface area contributed by atoms with Crippen LogP contribution in [-0.4, -0.2) is 16.1 Å². The van der Waals surface area contributed by atoms with Gasteiger partial charge >= 0.3 is 0 Å². The van der Waals surface area contributed by atoms with Crippen LogP contribution in [-0.2, 0) is 6.54 Å². The molecule has 1 aromatic heterocycles. The molecule has 0 saturated carbocycles. The average Bonchev–Trinajstić information content (AvgIpc) is 2.83. The zero-order valence-electron chi connectivity index (χ0n) is 13.0. The summed E-state index contributed by atoms with van der Waals surface area (Å²) >= 11 is 0. The van der Waals surface area contributed by atoms with Gasteiger partial charge in [0, 0.05) is 18.9 Å². The van der Waals surface area contributed by atoms with Crippen LogP contribution in [0.4, 0.5) is 0 Å². The fraction of sp³-hybridized carbons (Fsp3) is 0.471. The van der Waals surface area contributed by atoms with Crippen LogP contribution in [0.1, 0.15) is 41.9 Å². The Morgan fingerprint density at radius 2 is 2.05 bits per heavy atom. The number of hydrogen-bond donors (Lipinski definition) is 1. The largest absolute Gasteiger partial charge is 0.333 e. The number of aryl methyl sites for hydroxylation is 3. The molecule has 0 saturated heterocycles. The Hall–Kier alpha value is -1.61. The third-order valence-electron chi connectivity index (χ3n) is 3.75. The van der Waals surface area contributed by atoms with E-state index in [4.69, 9.17) is 0 Å². The van der Waals surface area contributed by atoms with Crippen LogP contribution in [0.25, 0.3) is 0 Å². The van der Waals surface area contributed by atoms with Crippen LogP contribution in [0.3, 0.4) is 0 Å². The summed E-state index contributed by atoms with van der Waals surface area (Å²) in [5, 5.41) is 3.67. The van der Waals surface area contributed by atoms with E-state index in [1.54, 1.807) is 0 Å². The number of nitrogens with one attached hydrogen (secondary N) is 1. The molecule has 3 heteroatoms. The van der Waals surface area contributed by atoms with Crippen LogP contribution in [0.2, 0.25) is 0 Å². The first-order valence-corrected chi connectivity index (χ1v) is 7.40. The molecular formula is C17H25N3. The zero-order valence-corrected chi connectivity index (χ0v) is 13.0. The molecule has 108 valence electrons. The van der Waals surface area contributed by atoms with Crippen molar-refractivity contribution in [3.63, 3.8) is 0 Å². The topological polar surface area (TPSA) is 29.9 Å². The Morgan fingerprint density at radius 1 is 1.25 bits per heavy atom. The molecule has 0 aliphatic rings. The van der Waals surface area contributed by atoms with E-state index >= 15 is 0 Å². The van der Waals surface area contributed by atoms with Gasteiger partial charge in [-0.25, -0.2) is 4.98 Å². The summed E-state index contributed by atoms with van der Waals surface area (Å²) in [6, 6.07) is 7.03. The van der Waals surface area contributed by atoms with Gasteiger partial charge in [0.1, 0.15) is 5.82 Å². The molecule has 1 aromatic carbocycles. The molecule has 0 aliphatic heterocycles. The summed E-state index contributed by atoms with van der Waals surface area (Å²) in [5.41, 5.74) is 4.06. The minimum Gasteiger partial charge on any atom is -0.333 e. The van der Waals surface area contributed by atoms with Crippen LogP contribution in [0.5, 0.6) is 0 Å². The minimum absolute atomic E-state index is 0.336. The summed E-state index contributed by atoms with van der Waals surface area (Å²) < 4.78 is 2.22. The van der Waals surface area contributed by atoms with Gasteiger partial charge in [0.2, 0.25) is 0 Å². The first-order valence-electron chi connectivity index (χ1n) is 7.40. The maximum atomic E-state index is 4.32. The van der Waals surface area contributed by atoms with E-state index in [1.165, 1.54) is 16.7 Å². The van der Waals surface area contributed by atoms with Gasteiger partial charge < -0.3 is 9.88 Å². The lowest BCUT2D eigenvalue weighted by Crippen LogP contribution is -2.27. The van der Waals surface area contributed by atoms with Gasteiger partial charge in [0.25, 0.3) is 0 Å². The van der Waals surface area contributed by atoms with E-state index in [1.807, 2.05) is 6.20 Å². The summed E-state index contributed by atoms with van der Waals surface area (Å²) in [7, 11) is 0. The van der Waals surface area contributed by atoms with Crippen molar-refractivity contribution in [3.05, 3.63) is 53.1 Å². The van der Waals surface area contributed by atoms with Crippen LogP contribution < -0.4 is 5.32 Å². The van der Waals surface area contributed by atoms with Crippen molar-refractivity contribution in [1.82, 2.24) is 14.9 Å². The Morgan fingerprint density at radius 3 is 2.70 bits per heavy atom. The highest BCUT2D eigenvalue weighted by Gasteiger charge is 2.14. The maximum Gasteiger partial charge on any atom is 0.105 e. The molecule has 0 spiro atoms. The molecule has 0 radical (unpaired) electrons. The zero-order chi connectivity index (χ0) is 14.5. The van der Waals surface area contributed by atoms with Gasteiger partial charge in [-0.15, -0.1) is 0 Å². The monoisotopic (exact) mass is 271 g/mol. The second-order valence-electron chi connectivity index (χ2n) is 5.49. The third-order valence-corrected chi connectivity index (χ3v) is 3.75. The van der Waals surface area contributed by atoms with E-state index in [0.717, 1.165) is 25.3 Å². The third kappa shape index (κ3) is 3.48. The van der Waals surface area contributed by atoms with Crippen molar-refractivity contribution in [2.45, 2.75) is 46.7 Å². The normalized spacial score (nSPS) is 12.6. The first kappa shape index (κ1) is 14.8. The maximum absolute atomic E-state index is 4.32. The summed E-state index contributed by atoms with van der Waals surface area (Å²) in [4.78, 5) is 4.32. The molecule has 20 heavy (non-hydrogen) atoms. The lowest BCUT2D eigenvalue weighted by molar-refractivity contribution is 0.456. The van der Waals surface area contributed by atoms with E-state index in [-0.39, 0.29) is 0 Å². The molecule has 1 unspecified atom stereocenters. The molecular weight excluding hydrogens is 246 g/mol. The van der Waals surface area contributed by atoms with Gasteiger partial charge in [-0.1, -0.05) is 30.7 Å². The molecule has 3 nitrogen and oxygen atoms in total. The number of hydrogen-bond acceptors (Lipinski definition) is 2. The quantitative estimate of drug-likeness (QED) is 0.870. The predicted molar refractivity (Wildman–Crippen MR) is 83.9 cm³/mol. The lowest BCUT2D eigenvalue weighted by atomic mass is 9.98. The first-order chi connectivity index (χ1) is 9.61. The molecule has 0 amide bonds. The average molecular weight is 271 g/mol. The SMILES string of the molecule is CCCNC(Cn1ccnc1C)c1cc(C)ccc1C. The molecule has 2 rings (SSSR count). The van der Waals surface area contributed by atoms with Crippen LogP contribution >= 0.6 is 0 Å². The van der Waals surface area contributed by atoms with Gasteiger partial charge in [0.15, 0.2) is 0 Å². The Kier molecular flexibility index (Phi) is 4.96. The second-order valence-corrected chi connectivity index (χ2v) is 5.49. The number of nitrogens with zero attached hydrogens (tertiary/aromatic N) is 2. The smallest absolute Gasteiger partial charge is 0.105 e. The standard InChI is InChI=1S/C17H25N3/c1-5-8-19-17(12-20-10-9-18-15(20)4)16-11-13(2)6-7-14(16)3/h6-7,9-11,17,19H,5,8,12H2,1-4H3. The van der Waals surface area contributed by atoms with Gasteiger partial charge in [-0.2, -0.15) is 0 Å². The van der Waals surface area contributed by atoms with Gasteiger partial charge in [0.05, 0.1) is 6.04 Å².